The molecule has 2 N–H and O–H groups in total. The molecule has 3 rings (SSSR count). The van der Waals surface area contributed by atoms with Crippen LogP contribution in [0.5, 0.6) is 0 Å². The van der Waals surface area contributed by atoms with Crippen LogP contribution >= 0.6 is 0 Å². The lowest BCUT2D eigenvalue weighted by atomic mass is 10.1. The van der Waals surface area contributed by atoms with Crippen LogP contribution in [0.4, 0.5) is 0 Å². The Labute approximate surface area is 136 Å². The van der Waals surface area contributed by atoms with Crippen LogP contribution in [0, 0.1) is 6.92 Å². The number of aryl methyl sites for hydroxylation is 1. The van der Waals surface area contributed by atoms with Crippen molar-refractivity contribution in [2.45, 2.75) is 39.2 Å². The lowest BCUT2D eigenvalue weighted by Crippen LogP contribution is -2.03. The van der Waals surface area contributed by atoms with E-state index in [1.165, 1.54) is 12.8 Å². The van der Waals surface area contributed by atoms with Crippen molar-refractivity contribution in [1.82, 2.24) is 19.7 Å². The molecular weight excluding hydrogens is 286 g/mol. The number of para-hydroxylation sites is 2. The Morgan fingerprint density at radius 3 is 2.61 bits per heavy atom. The third-order valence-electron chi connectivity index (χ3n) is 4.15. The van der Waals surface area contributed by atoms with Crippen LogP contribution in [-0.4, -0.2) is 26.3 Å². The molecule has 1 aromatic carbocycles. The summed E-state index contributed by atoms with van der Waals surface area (Å²) in [4.78, 5) is 9.20. The fourth-order valence-electron chi connectivity index (χ4n) is 2.77. The standard InChI is InChI=1S/C18H23N5/c1-14-15(12-21-23(14)11-7-3-2-6-10-19)18-13-20-16-8-4-5-9-17(16)22-18/h4-5,8-9,12-13H,2-3,6-7,10-11,19H2,1H3. The van der Waals surface area contributed by atoms with Crippen molar-refractivity contribution >= 4 is 11.0 Å². The van der Waals surface area contributed by atoms with E-state index >= 15 is 0 Å². The second-order valence-corrected chi connectivity index (χ2v) is 5.81. The molecule has 0 aliphatic rings. The molecule has 0 aliphatic heterocycles. The normalized spacial score (nSPS) is 11.2. The highest BCUT2D eigenvalue weighted by Crippen LogP contribution is 2.22. The Morgan fingerprint density at radius 2 is 1.78 bits per heavy atom. The second-order valence-electron chi connectivity index (χ2n) is 5.81. The van der Waals surface area contributed by atoms with Crippen molar-refractivity contribution in [3.63, 3.8) is 0 Å². The summed E-state index contributed by atoms with van der Waals surface area (Å²) >= 11 is 0. The van der Waals surface area contributed by atoms with Crippen molar-refractivity contribution in [3.8, 4) is 11.3 Å². The highest BCUT2D eigenvalue weighted by atomic mass is 15.3. The maximum Gasteiger partial charge on any atom is 0.0927 e. The van der Waals surface area contributed by atoms with Crippen molar-refractivity contribution in [1.29, 1.82) is 0 Å². The zero-order chi connectivity index (χ0) is 16.1. The molecular formula is C18H23N5. The minimum Gasteiger partial charge on any atom is -0.330 e. The van der Waals surface area contributed by atoms with E-state index in [0.717, 1.165) is 53.9 Å². The number of nitrogens with zero attached hydrogens (tertiary/aromatic N) is 4. The zero-order valence-electron chi connectivity index (χ0n) is 13.6. The molecule has 0 unspecified atom stereocenters. The Kier molecular flexibility index (Phi) is 4.98. The van der Waals surface area contributed by atoms with Crippen LogP contribution in [0.2, 0.25) is 0 Å². The van der Waals surface area contributed by atoms with Crippen molar-refractivity contribution in [3.05, 3.63) is 42.4 Å². The third-order valence-corrected chi connectivity index (χ3v) is 4.15. The highest BCUT2D eigenvalue weighted by molar-refractivity contribution is 5.77. The number of nitrogens with two attached hydrogens (primary N) is 1. The van der Waals surface area contributed by atoms with Gasteiger partial charge in [-0.05, 0) is 38.4 Å². The van der Waals surface area contributed by atoms with Crippen LogP contribution < -0.4 is 5.73 Å². The van der Waals surface area contributed by atoms with Gasteiger partial charge in [-0.3, -0.25) is 9.67 Å². The van der Waals surface area contributed by atoms with Gasteiger partial charge in [0.1, 0.15) is 0 Å². The fraction of sp³-hybridized carbons (Fsp3) is 0.389. The molecule has 120 valence electrons. The molecule has 3 aromatic rings. The quantitative estimate of drug-likeness (QED) is 0.680. The number of fused-ring (bicyclic) bond motifs is 1. The monoisotopic (exact) mass is 309 g/mol. The van der Waals surface area contributed by atoms with Gasteiger partial charge in [0, 0.05) is 17.8 Å². The van der Waals surface area contributed by atoms with Gasteiger partial charge in [0.05, 0.1) is 29.1 Å². The number of unbranched alkanes of at least 4 members (excludes halogenated alkanes) is 3. The molecule has 0 spiro atoms. The van der Waals surface area contributed by atoms with Crippen LogP contribution in [0.25, 0.3) is 22.3 Å². The molecule has 0 saturated heterocycles. The fourth-order valence-corrected chi connectivity index (χ4v) is 2.77. The van der Waals surface area contributed by atoms with Gasteiger partial charge in [0.25, 0.3) is 0 Å². The molecule has 2 heterocycles. The Balaban J connectivity index is 1.75. The molecule has 0 amide bonds. The van der Waals surface area contributed by atoms with Crippen LogP contribution in [-0.2, 0) is 6.54 Å². The molecule has 0 fully saturated rings. The minimum absolute atomic E-state index is 0.783. The van der Waals surface area contributed by atoms with E-state index in [1.54, 1.807) is 0 Å². The van der Waals surface area contributed by atoms with Gasteiger partial charge >= 0.3 is 0 Å². The minimum atomic E-state index is 0.783. The van der Waals surface area contributed by atoms with Crippen LogP contribution in [0.1, 0.15) is 31.4 Å². The van der Waals surface area contributed by atoms with Crippen molar-refractivity contribution in [2.24, 2.45) is 5.73 Å². The predicted octanol–water partition coefficient (Wildman–Crippen LogP) is 3.32. The third kappa shape index (κ3) is 3.56. The summed E-state index contributed by atoms with van der Waals surface area (Å²) in [5.41, 5.74) is 10.4. The van der Waals surface area contributed by atoms with E-state index in [0.29, 0.717) is 0 Å². The summed E-state index contributed by atoms with van der Waals surface area (Å²) in [6.07, 6.45) is 8.36. The van der Waals surface area contributed by atoms with Crippen molar-refractivity contribution in [2.75, 3.05) is 6.54 Å². The first-order valence-electron chi connectivity index (χ1n) is 8.24. The molecule has 23 heavy (non-hydrogen) atoms. The first kappa shape index (κ1) is 15.6. The number of hydrogen-bond donors (Lipinski definition) is 1. The Morgan fingerprint density at radius 1 is 1.00 bits per heavy atom. The van der Waals surface area contributed by atoms with Crippen LogP contribution in [0.15, 0.2) is 36.7 Å². The summed E-state index contributed by atoms with van der Waals surface area (Å²) in [6, 6.07) is 7.93. The summed E-state index contributed by atoms with van der Waals surface area (Å²) in [6.45, 7) is 3.82. The molecule has 0 radical (unpaired) electrons. The van der Waals surface area contributed by atoms with E-state index < -0.39 is 0 Å². The summed E-state index contributed by atoms with van der Waals surface area (Å²) in [7, 11) is 0. The van der Waals surface area contributed by atoms with E-state index in [2.05, 4.69) is 21.7 Å². The lowest BCUT2D eigenvalue weighted by Gasteiger charge is -2.06. The lowest BCUT2D eigenvalue weighted by molar-refractivity contribution is 0.528. The van der Waals surface area contributed by atoms with E-state index in [4.69, 9.17) is 10.7 Å². The van der Waals surface area contributed by atoms with Gasteiger partial charge in [-0.1, -0.05) is 25.0 Å². The molecule has 0 saturated carbocycles. The van der Waals surface area contributed by atoms with Crippen LogP contribution in [0.3, 0.4) is 0 Å². The highest BCUT2D eigenvalue weighted by Gasteiger charge is 2.10. The van der Waals surface area contributed by atoms with E-state index in [9.17, 15) is 0 Å². The second kappa shape index (κ2) is 7.33. The average Bonchev–Trinajstić information content (AvgIpc) is 2.95. The topological polar surface area (TPSA) is 69.6 Å². The maximum absolute atomic E-state index is 5.52. The average molecular weight is 309 g/mol. The smallest absolute Gasteiger partial charge is 0.0927 e. The molecule has 2 aromatic heterocycles. The SMILES string of the molecule is Cc1c(-c2cnc3ccccc3n2)cnn1CCCCCCN. The van der Waals surface area contributed by atoms with E-state index in [1.807, 2.05) is 36.7 Å². The first-order valence-corrected chi connectivity index (χ1v) is 8.24. The summed E-state index contributed by atoms with van der Waals surface area (Å²) in [5, 5.41) is 4.51. The zero-order valence-corrected chi connectivity index (χ0v) is 13.6. The molecule has 0 aliphatic carbocycles. The number of benzene rings is 1. The van der Waals surface area contributed by atoms with Gasteiger partial charge < -0.3 is 5.73 Å². The Hall–Kier alpha value is -2.27. The van der Waals surface area contributed by atoms with Gasteiger partial charge in [0.2, 0.25) is 0 Å². The van der Waals surface area contributed by atoms with Gasteiger partial charge in [-0.2, -0.15) is 5.10 Å². The molecule has 0 atom stereocenters. The largest absolute Gasteiger partial charge is 0.330 e. The van der Waals surface area contributed by atoms with Gasteiger partial charge in [0.15, 0.2) is 0 Å². The summed E-state index contributed by atoms with van der Waals surface area (Å²) < 4.78 is 2.06. The van der Waals surface area contributed by atoms with E-state index in [-0.39, 0.29) is 0 Å². The molecule has 5 heteroatoms. The molecule has 0 bridgehead atoms. The number of aromatic nitrogens is 4. The van der Waals surface area contributed by atoms with Gasteiger partial charge in [-0.25, -0.2) is 4.98 Å². The maximum atomic E-state index is 5.52. The number of rotatable bonds is 7. The summed E-state index contributed by atoms with van der Waals surface area (Å²) in [5.74, 6) is 0. The Bertz CT molecular complexity index is 778. The van der Waals surface area contributed by atoms with Crippen molar-refractivity contribution < 1.29 is 0 Å². The first-order chi connectivity index (χ1) is 11.3. The number of hydrogen-bond acceptors (Lipinski definition) is 4. The predicted molar refractivity (Wildman–Crippen MR) is 93.0 cm³/mol. The molecule has 5 nitrogen and oxygen atoms in total. The van der Waals surface area contributed by atoms with Gasteiger partial charge in [-0.15, -0.1) is 0 Å².